The highest BCUT2D eigenvalue weighted by Crippen LogP contribution is 2.35. The molecule has 1 aromatic heterocycles. The highest BCUT2D eigenvalue weighted by Gasteiger charge is 2.24. The van der Waals surface area contributed by atoms with E-state index < -0.39 is 5.97 Å². The van der Waals surface area contributed by atoms with Gasteiger partial charge in [-0.2, -0.15) is 0 Å². The highest BCUT2D eigenvalue weighted by molar-refractivity contribution is 5.85. The summed E-state index contributed by atoms with van der Waals surface area (Å²) in [6.07, 6.45) is 3.13. The molecule has 2 aromatic rings. The molecule has 4 heteroatoms. The molecule has 0 aliphatic heterocycles. The van der Waals surface area contributed by atoms with E-state index in [1.54, 1.807) is 0 Å². The normalized spacial score (nSPS) is 17.6. The van der Waals surface area contributed by atoms with Crippen molar-refractivity contribution in [1.82, 2.24) is 9.97 Å². The summed E-state index contributed by atoms with van der Waals surface area (Å²) in [5, 5.41) is 9.14. The van der Waals surface area contributed by atoms with Gasteiger partial charge in [0.25, 0.3) is 0 Å². The molecular formula is C16H16N2O2. The van der Waals surface area contributed by atoms with Crippen LogP contribution in [0, 0.1) is 6.92 Å². The van der Waals surface area contributed by atoms with E-state index >= 15 is 0 Å². The van der Waals surface area contributed by atoms with Crippen LogP contribution in [-0.2, 0) is 6.42 Å². The third-order valence-corrected chi connectivity index (χ3v) is 3.77. The number of carbonyl (C=O) groups is 1. The monoisotopic (exact) mass is 268 g/mol. The number of aromatic carboxylic acids is 1. The van der Waals surface area contributed by atoms with Crippen molar-refractivity contribution in [3.8, 4) is 0 Å². The fourth-order valence-corrected chi connectivity index (χ4v) is 2.88. The number of aryl methyl sites for hydroxylation is 2. The Morgan fingerprint density at radius 1 is 1.30 bits per heavy atom. The van der Waals surface area contributed by atoms with Crippen molar-refractivity contribution in [1.29, 1.82) is 0 Å². The third kappa shape index (κ3) is 2.29. The fraction of sp³-hybridized carbons (Fsp3) is 0.312. The molecule has 102 valence electrons. The van der Waals surface area contributed by atoms with Crippen molar-refractivity contribution in [2.24, 2.45) is 0 Å². The summed E-state index contributed by atoms with van der Waals surface area (Å²) in [7, 11) is 0. The number of rotatable bonds is 2. The summed E-state index contributed by atoms with van der Waals surface area (Å²) in [6, 6.07) is 9.81. The fourth-order valence-electron chi connectivity index (χ4n) is 2.88. The van der Waals surface area contributed by atoms with Gasteiger partial charge in [-0.1, -0.05) is 24.3 Å². The molecule has 0 spiro atoms. The lowest BCUT2D eigenvalue weighted by molar-refractivity contribution is 0.0689. The molecular weight excluding hydrogens is 252 g/mol. The Bertz CT molecular complexity index is 667. The summed E-state index contributed by atoms with van der Waals surface area (Å²) in [5.41, 5.74) is 3.34. The Morgan fingerprint density at radius 3 is 2.90 bits per heavy atom. The van der Waals surface area contributed by atoms with Gasteiger partial charge in [0.15, 0.2) is 5.69 Å². The maximum Gasteiger partial charge on any atom is 0.354 e. The SMILES string of the molecule is Cc1cc(C(=O)O)nc(C2CCCc3ccccc32)n1. The number of fused-ring (bicyclic) bond motifs is 1. The summed E-state index contributed by atoms with van der Waals surface area (Å²) in [6.45, 7) is 1.81. The van der Waals surface area contributed by atoms with Crippen molar-refractivity contribution in [3.05, 3.63) is 58.7 Å². The first-order chi connectivity index (χ1) is 9.65. The molecule has 1 atom stereocenters. The van der Waals surface area contributed by atoms with Crippen LogP contribution in [0.15, 0.2) is 30.3 Å². The zero-order valence-corrected chi connectivity index (χ0v) is 11.3. The third-order valence-electron chi connectivity index (χ3n) is 3.77. The van der Waals surface area contributed by atoms with Gasteiger partial charge in [-0.05, 0) is 43.4 Å². The van der Waals surface area contributed by atoms with Crippen LogP contribution in [0.1, 0.15) is 51.9 Å². The van der Waals surface area contributed by atoms with Crippen LogP contribution in [0.2, 0.25) is 0 Å². The van der Waals surface area contributed by atoms with E-state index in [0.717, 1.165) is 19.3 Å². The van der Waals surface area contributed by atoms with E-state index in [1.807, 2.05) is 19.1 Å². The molecule has 20 heavy (non-hydrogen) atoms. The number of carboxylic acids is 1. The molecule has 0 amide bonds. The standard InChI is InChI=1S/C16H16N2O2/c1-10-9-14(16(19)20)18-15(17-10)13-8-4-6-11-5-2-3-7-12(11)13/h2-3,5,7,9,13H,4,6,8H2,1H3,(H,19,20). The number of hydrogen-bond acceptors (Lipinski definition) is 3. The molecule has 0 bridgehead atoms. The maximum absolute atomic E-state index is 11.1. The van der Waals surface area contributed by atoms with Gasteiger partial charge in [-0.3, -0.25) is 0 Å². The first-order valence-electron chi connectivity index (χ1n) is 6.82. The van der Waals surface area contributed by atoms with Gasteiger partial charge in [0, 0.05) is 11.6 Å². The first kappa shape index (κ1) is 12.8. The van der Waals surface area contributed by atoms with E-state index in [1.165, 1.54) is 17.2 Å². The topological polar surface area (TPSA) is 63.1 Å². The van der Waals surface area contributed by atoms with Gasteiger partial charge >= 0.3 is 5.97 Å². The first-order valence-corrected chi connectivity index (χ1v) is 6.82. The Kier molecular flexibility index (Phi) is 3.22. The maximum atomic E-state index is 11.1. The molecule has 3 rings (SSSR count). The van der Waals surface area contributed by atoms with Crippen molar-refractivity contribution < 1.29 is 9.90 Å². The predicted octanol–water partition coefficient (Wildman–Crippen LogP) is 2.95. The van der Waals surface area contributed by atoms with Gasteiger partial charge in [-0.15, -0.1) is 0 Å². The Morgan fingerprint density at radius 2 is 2.10 bits per heavy atom. The van der Waals surface area contributed by atoms with Crippen LogP contribution in [0.3, 0.4) is 0 Å². The lowest BCUT2D eigenvalue weighted by Gasteiger charge is -2.24. The smallest absolute Gasteiger partial charge is 0.354 e. The zero-order chi connectivity index (χ0) is 14.1. The summed E-state index contributed by atoms with van der Waals surface area (Å²) in [5.74, 6) is -0.256. The molecule has 0 fully saturated rings. The number of carboxylic acid groups (broad SMARTS) is 1. The minimum Gasteiger partial charge on any atom is -0.477 e. The van der Waals surface area contributed by atoms with E-state index in [-0.39, 0.29) is 11.6 Å². The Hall–Kier alpha value is -2.23. The van der Waals surface area contributed by atoms with Crippen molar-refractivity contribution in [3.63, 3.8) is 0 Å². The summed E-state index contributed by atoms with van der Waals surface area (Å²) < 4.78 is 0. The van der Waals surface area contributed by atoms with Gasteiger partial charge in [0.2, 0.25) is 0 Å². The molecule has 0 radical (unpaired) electrons. The van der Waals surface area contributed by atoms with Gasteiger partial charge in [0.05, 0.1) is 0 Å². The van der Waals surface area contributed by atoms with Gasteiger partial charge < -0.3 is 5.11 Å². The van der Waals surface area contributed by atoms with Gasteiger partial charge in [0.1, 0.15) is 5.82 Å². The number of aromatic nitrogens is 2. The highest BCUT2D eigenvalue weighted by atomic mass is 16.4. The summed E-state index contributed by atoms with van der Waals surface area (Å²) in [4.78, 5) is 19.9. The second kappa shape index (κ2) is 5.04. The van der Waals surface area contributed by atoms with Crippen molar-refractivity contribution >= 4 is 5.97 Å². The Balaban J connectivity index is 2.08. The minimum absolute atomic E-state index is 0.0792. The van der Waals surface area contributed by atoms with Gasteiger partial charge in [-0.25, -0.2) is 14.8 Å². The number of nitrogens with zero attached hydrogens (tertiary/aromatic N) is 2. The molecule has 1 aliphatic carbocycles. The lowest BCUT2D eigenvalue weighted by Crippen LogP contribution is -2.16. The molecule has 1 aliphatic rings. The molecule has 1 unspecified atom stereocenters. The van der Waals surface area contributed by atoms with Crippen LogP contribution in [-0.4, -0.2) is 21.0 Å². The molecule has 0 saturated carbocycles. The molecule has 1 N–H and O–H groups in total. The average Bonchev–Trinajstić information content (AvgIpc) is 2.46. The quantitative estimate of drug-likeness (QED) is 0.909. The largest absolute Gasteiger partial charge is 0.477 e. The lowest BCUT2D eigenvalue weighted by atomic mass is 9.82. The average molecular weight is 268 g/mol. The van der Waals surface area contributed by atoms with E-state index in [4.69, 9.17) is 5.11 Å². The van der Waals surface area contributed by atoms with E-state index in [9.17, 15) is 4.79 Å². The molecule has 1 heterocycles. The van der Waals surface area contributed by atoms with Crippen LogP contribution < -0.4 is 0 Å². The van der Waals surface area contributed by atoms with E-state index in [2.05, 4.69) is 22.1 Å². The number of hydrogen-bond donors (Lipinski definition) is 1. The second-order valence-corrected chi connectivity index (χ2v) is 5.20. The van der Waals surface area contributed by atoms with Crippen molar-refractivity contribution in [2.45, 2.75) is 32.1 Å². The number of benzene rings is 1. The predicted molar refractivity (Wildman–Crippen MR) is 75.0 cm³/mol. The summed E-state index contributed by atoms with van der Waals surface area (Å²) >= 11 is 0. The second-order valence-electron chi connectivity index (χ2n) is 5.20. The van der Waals surface area contributed by atoms with Crippen LogP contribution in [0.25, 0.3) is 0 Å². The minimum atomic E-state index is -0.999. The van der Waals surface area contributed by atoms with E-state index in [0.29, 0.717) is 11.5 Å². The molecule has 0 saturated heterocycles. The van der Waals surface area contributed by atoms with Crippen molar-refractivity contribution in [2.75, 3.05) is 0 Å². The molecule has 1 aromatic carbocycles. The van der Waals surface area contributed by atoms with Crippen LogP contribution in [0.5, 0.6) is 0 Å². The van der Waals surface area contributed by atoms with Crippen LogP contribution in [0.4, 0.5) is 0 Å². The van der Waals surface area contributed by atoms with Crippen LogP contribution >= 0.6 is 0 Å². The zero-order valence-electron chi connectivity index (χ0n) is 11.3. The molecule has 4 nitrogen and oxygen atoms in total. The Labute approximate surface area is 117 Å².